The van der Waals surface area contributed by atoms with E-state index >= 15 is 0 Å². The van der Waals surface area contributed by atoms with Crippen LogP contribution in [0.15, 0.2) is 138 Å². The van der Waals surface area contributed by atoms with E-state index in [9.17, 15) is 0 Å². The molecule has 9 rings (SSSR count). The summed E-state index contributed by atoms with van der Waals surface area (Å²) >= 11 is 6.28. The number of rotatable bonds is 3. The van der Waals surface area contributed by atoms with Crippen molar-refractivity contribution in [3.05, 3.63) is 138 Å². The molecule has 0 radical (unpaired) electrons. The third-order valence-electron chi connectivity index (χ3n) is 8.33. The summed E-state index contributed by atoms with van der Waals surface area (Å²) in [7, 11) is 0. The van der Waals surface area contributed by atoms with Gasteiger partial charge < -0.3 is 4.42 Å². The average Bonchev–Trinajstić information content (AvgIpc) is 3.45. The van der Waals surface area contributed by atoms with Crippen LogP contribution in [-0.4, -0.2) is 15.0 Å². The highest BCUT2D eigenvalue weighted by Gasteiger charge is 2.16. The molecule has 4 nitrogen and oxygen atoms in total. The smallest absolute Gasteiger partial charge is 0.164 e. The molecule has 0 aliphatic carbocycles. The molecule has 44 heavy (non-hydrogen) atoms. The summed E-state index contributed by atoms with van der Waals surface area (Å²) in [5.41, 5.74) is 4.37. The van der Waals surface area contributed by atoms with Crippen molar-refractivity contribution in [3.63, 3.8) is 0 Å². The van der Waals surface area contributed by atoms with Gasteiger partial charge in [-0.05, 0) is 68.7 Å². The van der Waals surface area contributed by atoms with Crippen LogP contribution in [0.1, 0.15) is 0 Å². The van der Waals surface area contributed by atoms with E-state index in [0.717, 1.165) is 60.2 Å². The van der Waals surface area contributed by atoms with Gasteiger partial charge in [0.05, 0.1) is 0 Å². The molecule has 0 saturated carbocycles. The third-order valence-corrected chi connectivity index (χ3v) is 8.56. The van der Waals surface area contributed by atoms with Crippen LogP contribution in [0.3, 0.4) is 0 Å². The summed E-state index contributed by atoms with van der Waals surface area (Å²) in [6, 6.07) is 45.6. The van der Waals surface area contributed by atoms with Crippen LogP contribution < -0.4 is 0 Å². The Morgan fingerprint density at radius 2 is 0.932 bits per heavy atom. The van der Waals surface area contributed by atoms with Gasteiger partial charge in [-0.1, -0.05) is 103 Å². The molecule has 5 heteroatoms. The van der Waals surface area contributed by atoms with Crippen LogP contribution in [0.4, 0.5) is 0 Å². The van der Waals surface area contributed by atoms with Crippen LogP contribution in [0.2, 0.25) is 5.02 Å². The first-order valence-electron chi connectivity index (χ1n) is 14.5. The molecular weight excluding hydrogens is 562 g/mol. The molecule has 0 amide bonds. The lowest BCUT2D eigenvalue weighted by Gasteiger charge is -2.10. The Morgan fingerprint density at radius 1 is 0.409 bits per heavy atom. The molecule has 2 aromatic heterocycles. The van der Waals surface area contributed by atoms with Crippen molar-refractivity contribution in [2.75, 3.05) is 0 Å². The molecule has 0 atom stereocenters. The molecule has 0 aliphatic heterocycles. The van der Waals surface area contributed by atoms with Gasteiger partial charge >= 0.3 is 0 Å². The third kappa shape index (κ3) is 4.11. The Balaban J connectivity index is 1.28. The minimum absolute atomic E-state index is 0.612. The van der Waals surface area contributed by atoms with E-state index in [0.29, 0.717) is 22.5 Å². The number of fused-ring (bicyclic) bond motifs is 7. The number of benzene rings is 7. The summed E-state index contributed by atoms with van der Waals surface area (Å²) in [6.07, 6.45) is 0. The normalized spacial score (nSPS) is 11.8. The maximum absolute atomic E-state index is 6.28. The van der Waals surface area contributed by atoms with E-state index in [1.165, 1.54) is 10.8 Å². The predicted octanol–water partition coefficient (Wildman–Crippen LogP) is 10.9. The van der Waals surface area contributed by atoms with Gasteiger partial charge in [-0.15, -0.1) is 0 Å². The van der Waals surface area contributed by atoms with Gasteiger partial charge in [0.25, 0.3) is 0 Å². The monoisotopic (exact) mass is 583 g/mol. The number of hydrogen-bond acceptors (Lipinski definition) is 4. The van der Waals surface area contributed by atoms with E-state index in [2.05, 4.69) is 109 Å². The van der Waals surface area contributed by atoms with Gasteiger partial charge in [0, 0.05) is 38.6 Å². The zero-order valence-corrected chi connectivity index (χ0v) is 24.1. The summed E-state index contributed by atoms with van der Waals surface area (Å²) in [5, 5.41) is 9.53. The second-order valence-electron chi connectivity index (χ2n) is 11.0. The molecule has 9 aromatic rings. The van der Waals surface area contributed by atoms with Crippen molar-refractivity contribution in [2.24, 2.45) is 0 Å². The second kappa shape index (κ2) is 9.73. The van der Waals surface area contributed by atoms with Crippen molar-refractivity contribution in [1.82, 2.24) is 15.0 Å². The Kier molecular flexibility index (Phi) is 5.52. The highest BCUT2D eigenvalue weighted by atomic mass is 35.5. The SMILES string of the molecule is Clc1ccc2c(c1)oc1ccc3ccc(-c4nc(-c5ccc6ccccc6c5)nc(-c5ccc6ccccc6c5)n4)cc3c12. The number of furan rings is 1. The zero-order valence-electron chi connectivity index (χ0n) is 23.3. The van der Waals surface area contributed by atoms with Gasteiger partial charge in [0.2, 0.25) is 0 Å². The van der Waals surface area contributed by atoms with Crippen molar-refractivity contribution in [3.8, 4) is 34.2 Å². The van der Waals surface area contributed by atoms with Crippen LogP contribution >= 0.6 is 11.6 Å². The lowest BCUT2D eigenvalue weighted by atomic mass is 10.0. The molecule has 206 valence electrons. The quantitative estimate of drug-likeness (QED) is 0.207. The Hall–Kier alpha value is -5.58. The van der Waals surface area contributed by atoms with E-state index in [-0.39, 0.29) is 0 Å². The number of hydrogen-bond donors (Lipinski definition) is 0. The standard InChI is InChI=1S/C39H22ClN3O/c40-31-16-17-32-35(22-31)44-34-18-15-25-11-14-30(21-33(25)36(32)34)39-42-37(28-12-9-23-5-1-3-7-26(23)19-28)41-38(43-39)29-13-10-24-6-2-4-8-27(24)20-29/h1-22H. The predicted molar refractivity (Wildman–Crippen MR) is 181 cm³/mol. The Morgan fingerprint density at radius 3 is 1.55 bits per heavy atom. The number of nitrogens with zero attached hydrogens (tertiary/aromatic N) is 3. The molecule has 0 bridgehead atoms. The molecule has 2 heterocycles. The summed E-state index contributed by atoms with van der Waals surface area (Å²) in [6.45, 7) is 0. The van der Waals surface area contributed by atoms with Crippen molar-refractivity contribution in [2.45, 2.75) is 0 Å². The summed E-state index contributed by atoms with van der Waals surface area (Å²) in [5.74, 6) is 1.87. The van der Waals surface area contributed by atoms with Crippen LogP contribution in [0.25, 0.3) is 88.4 Å². The minimum atomic E-state index is 0.612. The van der Waals surface area contributed by atoms with Gasteiger partial charge in [-0.25, -0.2) is 15.0 Å². The maximum atomic E-state index is 6.28. The fourth-order valence-corrected chi connectivity index (χ4v) is 6.29. The van der Waals surface area contributed by atoms with Crippen molar-refractivity contribution in [1.29, 1.82) is 0 Å². The molecule has 0 saturated heterocycles. The maximum Gasteiger partial charge on any atom is 0.164 e. The first-order chi connectivity index (χ1) is 21.7. The molecular formula is C39H22ClN3O. The second-order valence-corrected chi connectivity index (χ2v) is 11.5. The van der Waals surface area contributed by atoms with Crippen LogP contribution in [0, 0.1) is 0 Å². The van der Waals surface area contributed by atoms with Gasteiger partial charge in [-0.3, -0.25) is 0 Å². The van der Waals surface area contributed by atoms with Gasteiger partial charge in [-0.2, -0.15) is 0 Å². The van der Waals surface area contributed by atoms with Crippen LogP contribution in [0.5, 0.6) is 0 Å². The lowest BCUT2D eigenvalue weighted by Crippen LogP contribution is -2.00. The fraction of sp³-hybridized carbons (Fsp3) is 0. The highest BCUT2D eigenvalue weighted by Crippen LogP contribution is 2.37. The molecule has 0 aliphatic rings. The molecule has 0 unspecified atom stereocenters. The van der Waals surface area contributed by atoms with Gasteiger partial charge in [0.1, 0.15) is 11.2 Å². The first-order valence-corrected chi connectivity index (χ1v) is 14.8. The first kappa shape index (κ1) is 25.0. The lowest BCUT2D eigenvalue weighted by molar-refractivity contribution is 0.669. The largest absolute Gasteiger partial charge is 0.456 e. The van der Waals surface area contributed by atoms with Gasteiger partial charge in [0.15, 0.2) is 17.5 Å². The molecule has 0 spiro atoms. The fourth-order valence-electron chi connectivity index (χ4n) is 6.13. The number of halogens is 1. The van der Waals surface area contributed by atoms with Crippen molar-refractivity contribution >= 4 is 65.9 Å². The minimum Gasteiger partial charge on any atom is -0.456 e. The van der Waals surface area contributed by atoms with Crippen LogP contribution in [-0.2, 0) is 0 Å². The molecule has 0 N–H and O–H groups in total. The van der Waals surface area contributed by atoms with E-state index in [1.807, 2.05) is 24.3 Å². The highest BCUT2D eigenvalue weighted by molar-refractivity contribution is 6.32. The summed E-state index contributed by atoms with van der Waals surface area (Å²) in [4.78, 5) is 15.1. The Bertz CT molecular complexity index is 2490. The Labute approximate surface area is 257 Å². The average molecular weight is 584 g/mol. The van der Waals surface area contributed by atoms with E-state index in [4.69, 9.17) is 31.0 Å². The molecule has 7 aromatic carbocycles. The van der Waals surface area contributed by atoms with E-state index in [1.54, 1.807) is 0 Å². The zero-order chi connectivity index (χ0) is 29.2. The van der Waals surface area contributed by atoms with E-state index < -0.39 is 0 Å². The number of aromatic nitrogens is 3. The summed E-state index contributed by atoms with van der Waals surface area (Å²) < 4.78 is 6.19. The molecule has 0 fully saturated rings. The van der Waals surface area contributed by atoms with Crippen molar-refractivity contribution < 1.29 is 4.42 Å². The topological polar surface area (TPSA) is 51.8 Å².